The average molecular weight is 426 g/mol. The summed E-state index contributed by atoms with van der Waals surface area (Å²) in [6.07, 6.45) is 1.18. The number of carbonyl (C=O) groups is 1. The molecule has 6 heteroatoms. The quantitative estimate of drug-likeness (QED) is 0.536. The van der Waals surface area contributed by atoms with Gasteiger partial charge in [-0.1, -0.05) is 37.3 Å². The molecular weight excluding hydrogens is 398 g/mol. The summed E-state index contributed by atoms with van der Waals surface area (Å²) in [5.41, 5.74) is 3.12. The molecule has 0 fully saturated rings. The Morgan fingerprint density at radius 1 is 0.967 bits per heavy atom. The van der Waals surface area contributed by atoms with Gasteiger partial charge in [0.25, 0.3) is 0 Å². The summed E-state index contributed by atoms with van der Waals surface area (Å²) in [5, 5.41) is 5.21. The molecule has 0 bridgehead atoms. The van der Waals surface area contributed by atoms with E-state index < -0.39 is 0 Å². The number of hydrogen-bond donors (Lipinski definition) is 1. The molecule has 30 heavy (non-hydrogen) atoms. The van der Waals surface area contributed by atoms with E-state index in [0.29, 0.717) is 17.2 Å². The highest BCUT2D eigenvalue weighted by Crippen LogP contribution is 2.38. The maximum atomic E-state index is 12.9. The highest BCUT2D eigenvalue weighted by atomic mass is 32.1. The number of methoxy groups -OCH3 is 3. The van der Waals surface area contributed by atoms with Gasteiger partial charge >= 0.3 is 0 Å². The van der Waals surface area contributed by atoms with E-state index in [0.717, 1.165) is 22.4 Å². The van der Waals surface area contributed by atoms with Gasteiger partial charge in [0.05, 0.1) is 33.8 Å². The van der Waals surface area contributed by atoms with Crippen molar-refractivity contribution in [3.8, 4) is 17.2 Å². The molecule has 0 aliphatic heterocycles. The normalized spacial score (nSPS) is 11.6. The number of amides is 1. The van der Waals surface area contributed by atoms with Crippen LogP contribution in [-0.4, -0.2) is 27.2 Å². The largest absolute Gasteiger partial charge is 0.493 e. The van der Waals surface area contributed by atoms with E-state index in [1.54, 1.807) is 44.8 Å². The first-order chi connectivity index (χ1) is 14.6. The van der Waals surface area contributed by atoms with Gasteiger partial charge < -0.3 is 19.5 Å². The van der Waals surface area contributed by atoms with Crippen LogP contribution in [0.3, 0.4) is 0 Å². The summed E-state index contributed by atoms with van der Waals surface area (Å²) < 4.78 is 16.2. The number of rotatable bonds is 9. The molecule has 0 aliphatic carbocycles. The van der Waals surface area contributed by atoms with E-state index in [4.69, 9.17) is 14.2 Å². The van der Waals surface area contributed by atoms with Crippen LogP contribution in [0.1, 0.15) is 34.5 Å². The van der Waals surface area contributed by atoms with Gasteiger partial charge in [-0.2, -0.15) is 0 Å². The third kappa shape index (κ3) is 4.94. The lowest BCUT2D eigenvalue weighted by molar-refractivity contribution is -0.120. The summed E-state index contributed by atoms with van der Waals surface area (Å²) in [5.74, 6) is 1.49. The Labute approximate surface area is 181 Å². The molecule has 1 amide bonds. The van der Waals surface area contributed by atoms with Crippen molar-refractivity contribution in [2.75, 3.05) is 21.3 Å². The highest BCUT2D eigenvalue weighted by Gasteiger charge is 2.20. The predicted octanol–water partition coefficient (Wildman–Crippen LogP) is 4.78. The lowest BCUT2D eigenvalue weighted by Gasteiger charge is -2.19. The van der Waals surface area contributed by atoms with Crippen LogP contribution in [0.15, 0.2) is 53.9 Å². The summed E-state index contributed by atoms with van der Waals surface area (Å²) in [6, 6.07) is 15.9. The zero-order valence-electron chi connectivity index (χ0n) is 17.7. The molecule has 3 rings (SSSR count). The molecule has 158 valence electrons. The molecule has 0 saturated carbocycles. The first kappa shape index (κ1) is 21.7. The van der Waals surface area contributed by atoms with Gasteiger partial charge in [0, 0.05) is 4.88 Å². The van der Waals surface area contributed by atoms with Crippen LogP contribution >= 0.6 is 11.3 Å². The number of ether oxygens (including phenoxy) is 3. The smallest absolute Gasteiger partial charge is 0.225 e. The Morgan fingerprint density at radius 3 is 2.13 bits per heavy atom. The average Bonchev–Trinajstić information content (AvgIpc) is 3.31. The van der Waals surface area contributed by atoms with Gasteiger partial charge in [-0.15, -0.1) is 11.3 Å². The zero-order chi connectivity index (χ0) is 21.5. The van der Waals surface area contributed by atoms with Crippen LogP contribution in [0.25, 0.3) is 0 Å². The molecule has 1 atom stereocenters. The van der Waals surface area contributed by atoms with E-state index in [9.17, 15) is 4.79 Å². The maximum absolute atomic E-state index is 12.9. The second kappa shape index (κ2) is 10.2. The summed E-state index contributed by atoms with van der Waals surface area (Å²) in [7, 11) is 4.68. The summed E-state index contributed by atoms with van der Waals surface area (Å²) in [6.45, 7) is 2.13. The second-order valence-electron chi connectivity index (χ2n) is 6.82. The van der Waals surface area contributed by atoms with Crippen LogP contribution in [-0.2, 0) is 17.6 Å². The molecule has 0 radical (unpaired) electrons. The predicted molar refractivity (Wildman–Crippen MR) is 120 cm³/mol. The van der Waals surface area contributed by atoms with Crippen molar-refractivity contribution < 1.29 is 19.0 Å². The number of thiophene rings is 1. The van der Waals surface area contributed by atoms with Gasteiger partial charge in [-0.05, 0) is 46.7 Å². The molecular formula is C24H27NO4S. The fraction of sp³-hybridized carbons (Fsp3) is 0.292. The highest BCUT2D eigenvalue weighted by molar-refractivity contribution is 7.10. The van der Waals surface area contributed by atoms with Crippen molar-refractivity contribution >= 4 is 17.2 Å². The number of aryl methyl sites for hydroxylation is 1. The molecule has 0 unspecified atom stereocenters. The van der Waals surface area contributed by atoms with Crippen LogP contribution in [0.5, 0.6) is 17.2 Å². The lowest BCUT2D eigenvalue weighted by atomic mass is 10.0. The summed E-state index contributed by atoms with van der Waals surface area (Å²) in [4.78, 5) is 14.0. The molecule has 1 N–H and O–H groups in total. The van der Waals surface area contributed by atoms with Crippen molar-refractivity contribution in [1.82, 2.24) is 5.32 Å². The molecule has 1 aromatic heterocycles. The maximum Gasteiger partial charge on any atom is 0.225 e. The monoisotopic (exact) mass is 425 g/mol. The van der Waals surface area contributed by atoms with Crippen LogP contribution in [0.4, 0.5) is 0 Å². The molecule has 0 saturated heterocycles. The molecule has 0 aliphatic rings. The Balaban J connectivity index is 1.83. The first-order valence-corrected chi connectivity index (χ1v) is 10.7. The van der Waals surface area contributed by atoms with Gasteiger partial charge in [-0.3, -0.25) is 4.79 Å². The van der Waals surface area contributed by atoms with Gasteiger partial charge in [-0.25, -0.2) is 0 Å². The van der Waals surface area contributed by atoms with Crippen molar-refractivity contribution in [1.29, 1.82) is 0 Å². The zero-order valence-corrected chi connectivity index (χ0v) is 18.5. The first-order valence-electron chi connectivity index (χ1n) is 9.80. The van der Waals surface area contributed by atoms with Crippen LogP contribution in [0, 0.1) is 0 Å². The SMILES string of the molecule is CCc1ccc([C@@H](NC(=O)Cc2cc(OC)c(OC)c(OC)c2)c2cccs2)cc1. The van der Waals surface area contributed by atoms with Crippen molar-refractivity contribution in [3.05, 3.63) is 75.5 Å². The number of hydrogen-bond acceptors (Lipinski definition) is 5. The standard InChI is InChI=1S/C24H27NO4S/c1-5-16-8-10-18(11-9-16)23(21-7-6-12-30-21)25-22(26)15-17-13-19(27-2)24(29-4)20(14-17)28-3/h6-14,23H,5,15H2,1-4H3,(H,25,26)/t23-/m1/s1. The van der Waals surface area contributed by atoms with E-state index >= 15 is 0 Å². The topological polar surface area (TPSA) is 56.8 Å². The number of benzene rings is 2. The minimum absolute atomic E-state index is 0.0813. The van der Waals surface area contributed by atoms with E-state index in [2.05, 4.69) is 36.5 Å². The van der Waals surface area contributed by atoms with Gasteiger partial charge in [0.2, 0.25) is 11.7 Å². The van der Waals surface area contributed by atoms with E-state index in [-0.39, 0.29) is 18.4 Å². The van der Waals surface area contributed by atoms with Crippen molar-refractivity contribution in [2.24, 2.45) is 0 Å². The fourth-order valence-electron chi connectivity index (χ4n) is 3.35. The Morgan fingerprint density at radius 2 is 1.63 bits per heavy atom. The van der Waals surface area contributed by atoms with Crippen LogP contribution in [0.2, 0.25) is 0 Å². The molecule has 0 spiro atoms. The third-order valence-corrected chi connectivity index (χ3v) is 5.88. The number of carbonyl (C=O) groups excluding carboxylic acids is 1. The fourth-order valence-corrected chi connectivity index (χ4v) is 4.16. The van der Waals surface area contributed by atoms with E-state index in [1.165, 1.54) is 5.56 Å². The van der Waals surface area contributed by atoms with Crippen molar-refractivity contribution in [2.45, 2.75) is 25.8 Å². The Bertz CT molecular complexity index is 942. The second-order valence-corrected chi connectivity index (χ2v) is 7.80. The lowest BCUT2D eigenvalue weighted by Crippen LogP contribution is -2.30. The molecule has 1 heterocycles. The van der Waals surface area contributed by atoms with Gasteiger partial charge in [0.1, 0.15) is 0 Å². The van der Waals surface area contributed by atoms with Gasteiger partial charge in [0.15, 0.2) is 11.5 Å². The number of nitrogens with one attached hydrogen (secondary N) is 1. The minimum Gasteiger partial charge on any atom is -0.493 e. The molecule has 3 aromatic rings. The van der Waals surface area contributed by atoms with E-state index in [1.807, 2.05) is 17.5 Å². The third-order valence-electron chi connectivity index (χ3n) is 4.94. The Kier molecular flexibility index (Phi) is 7.36. The molecule has 2 aromatic carbocycles. The van der Waals surface area contributed by atoms with Crippen LogP contribution < -0.4 is 19.5 Å². The Hall–Kier alpha value is -2.99. The van der Waals surface area contributed by atoms with Crippen molar-refractivity contribution in [3.63, 3.8) is 0 Å². The minimum atomic E-state index is -0.189. The summed E-state index contributed by atoms with van der Waals surface area (Å²) >= 11 is 1.63. The molecule has 5 nitrogen and oxygen atoms in total.